The van der Waals surface area contributed by atoms with Gasteiger partial charge in [0, 0.05) is 26.3 Å². The van der Waals surface area contributed by atoms with Gasteiger partial charge >= 0.3 is 0 Å². The summed E-state index contributed by atoms with van der Waals surface area (Å²) in [5, 5.41) is 14.9. The van der Waals surface area contributed by atoms with Gasteiger partial charge in [-0.2, -0.15) is 10.4 Å². The first-order chi connectivity index (χ1) is 10.7. The lowest BCUT2D eigenvalue weighted by molar-refractivity contribution is 0.905. The fourth-order valence-corrected chi connectivity index (χ4v) is 2.03. The lowest BCUT2D eigenvalue weighted by atomic mass is 10.2. The van der Waals surface area contributed by atoms with Gasteiger partial charge in [0.1, 0.15) is 0 Å². The van der Waals surface area contributed by atoms with Gasteiger partial charge in [0.25, 0.3) is 0 Å². The molecule has 0 heterocycles. The van der Waals surface area contributed by atoms with Crippen molar-refractivity contribution in [2.45, 2.75) is 6.42 Å². The van der Waals surface area contributed by atoms with E-state index in [2.05, 4.69) is 16.1 Å². The zero-order chi connectivity index (χ0) is 15.8. The minimum atomic E-state index is 0.529. The van der Waals surface area contributed by atoms with E-state index in [9.17, 15) is 0 Å². The number of anilines is 2. The van der Waals surface area contributed by atoms with Gasteiger partial charge < -0.3 is 4.90 Å². The maximum atomic E-state index is 8.62. The summed E-state index contributed by atoms with van der Waals surface area (Å²) in [4.78, 5) is 2.07. The average Bonchev–Trinajstić information content (AvgIpc) is 2.58. The molecule has 22 heavy (non-hydrogen) atoms. The maximum Gasteiger partial charge on any atom is 0.0640 e. The van der Waals surface area contributed by atoms with E-state index < -0.39 is 0 Å². The van der Waals surface area contributed by atoms with Crippen LogP contribution in [0.25, 0.3) is 0 Å². The molecule has 0 aliphatic heterocycles. The lowest BCUT2D eigenvalue weighted by Crippen LogP contribution is -2.17. The van der Waals surface area contributed by atoms with E-state index >= 15 is 0 Å². The van der Waals surface area contributed by atoms with Crippen LogP contribution in [0.2, 0.25) is 0 Å². The molecule has 4 nitrogen and oxygen atoms in total. The second-order valence-corrected chi connectivity index (χ2v) is 5.02. The van der Waals surface area contributed by atoms with Crippen LogP contribution < -0.4 is 9.91 Å². The summed E-state index contributed by atoms with van der Waals surface area (Å²) in [5.74, 6) is 0. The van der Waals surface area contributed by atoms with Crippen molar-refractivity contribution in [3.05, 3.63) is 60.2 Å². The minimum absolute atomic E-state index is 0.529. The third-order valence-electron chi connectivity index (χ3n) is 3.40. The van der Waals surface area contributed by atoms with Crippen molar-refractivity contribution in [2.24, 2.45) is 5.10 Å². The van der Waals surface area contributed by atoms with Gasteiger partial charge in [0.05, 0.1) is 24.4 Å². The first-order valence-corrected chi connectivity index (χ1v) is 7.21. The zero-order valence-corrected chi connectivity index (χ0v) is 13.0. The van der Waals surface area contributed by atoms with Gasteiger partial charge in [-0.05, 0) is 29.8 Å². The molecule has 0 atom stereocenters. The van der Waals surface area contributed by atoms with Gasteiger partial charge in [-0.25, -0.2) is 0 Å². The molecular formula is C18H20N4. The Hall–Kier alpha value is -2.80. The minimum Gasteiger partial charge on any atom is -0.374 e. The molecule has 0 aliphatic carbocycles. The largest absolute Gasteiger partial charge is 0.374 e. The van der Waals surface area contributed by atoms with Gasteiger partial charge in [-0.15, -0.1) is 0 Å². The van der Waals surface area contributed by atoms with Crippen molar-refractivity contribution >= 4 is 17.6 Å². The van der Waals surface area contributed by atoms with Crippen molar-refractivity contribution in [3.8, 4) is 6.07 Å². The summed E-state index contributed by atoms with van der Waals surface area (Å²) < 4.78 is 0. The Bertz CT molecular complexity index is 641. The average molecular weight is 292 g/mol. The van der Waals surface area contributed by atoms with Crippen molar-refractivity contribution in [1.82, 2.24) is 0 Å². The van der Waals surface area contributed by atoms with Crippen LogP contribution >= 0.6 is 0 Å². The maximum absolute atomic E-state index is 8.62. The van der Waals surface area contributed by atoms with Gasteiger partial charge in [0.15, 0.2) is 0 Å². The van der Waals surface area contributed by atoms with E-state index in [1.54, 1.807) is 0 Å². The van der Waals surface area contributed by atoms with Crippen molar-refractivity contribution in [3.63, 3.8) is 0 Å². The van der Waals surface area contributed by atoms with E-state index in [1.807, 2.05) is 79.9 Å². The van der Waals surface area contributed by atoms with Crippen LogP contribution in [0.4, 0.5) is 11.4 Å². The summed E-state index contributed by atoms with van der Waals surface area (Å²) >= 11 is 0. The smallest absolute Gasteiger partial charge is 0.0640 e. The van der Waals surface area contributed by atoms with Gasteiger partial charge in [0.2, 0.25) is 0 Å². The predicted molar refractivity (Wildman–Crippen MR) is 92.4 cm³/mol. The summed E-state index contributed by atoms with van der Waals surface area (Å²) in [6.07, 6.45) is 2.37. The van der Waals surface area contributed by atoms with Crippen LogP contribution in [0.15, 0.2) is 59.7 Å². The molecule has 112 valence electrons. The summed E-state index contributed by atoms with van der Waals surface area (Å²) in [7, 11) is 3.92. The van der Waals surface area contributed by atoms with E-state index in [0.29, 0.717) is 6.42 Å². The molecule has 2 aromatic carbocycles. The van der Waals surface area contributed by atoms with E-state index in [0.717, 1.165) is 23.5 Å². The van der Waals surface area contributed by atoms with E-state index in [4.69, 9.17) is 5.26 Å². The lowest BCUT2D eigenvalue weighted by Gasteiger charge is -2.17. The van der Waals surface area contributed by atoms with Crippen LogP contribution in [-0.4, -0.2) is 26.9 Å². The molecule has 2 aromatic rings. The number of nitrogens with zero attached hydrogens (tertiary/aromatic N) is 4. The number of nitriles is 1. The normalized spacial score (nSPS) is 10.4. The van der Waals surface area contributed by atoms with Crippen LogP contribution in [0.1, 0.15) is 12.0 Å². The molecule has 0 aliphatic rings. The van der Waals surface area contributed by atoms with Crippen molar-refractivity contribution in [2.75, 3.05) is 30.5 Å². The zero-order valence-electron chi connectivity index (χ0n) is 13.0. The van der Waals surface area contributed by atoms with Crippen LogP contribution in [0, 0.1) is 11.3 Å². The van der Waals surface area contributed by atoms with Gasteiger partial charge in [-0.1, -0.05) is 30.3 Å². The highest BCUT2D eigenvalue weighted by molar-refractivity contribution is 5.81. The Morgan fingerprint density at radius 2 is 1.68 bits per heavy atom. The number of para-hydroxylation sites is 1. The number of hydrogen-bond donors (Lipinski definition) is 0. The molecule has 2 rings (SSSR count). The molecule has 0 saturated heterocycles. The highest BCUT2D eigenvalue weighted by Gasteiger charge is 2.00. The van der Waals surface area contributed by atoms with Crippen LogP contribution in [-0.2, 0) is 0 Å². The first-order valence-electron chi connectivity index (χ1n) is 7.21. The summed E-state index contributed by atoms with van der Waals surface area (Å²) in [6, 6.07) is 20.3. The topological polar surface area (TPSA) is 42.6 Å². The standard InChI is InChI=1S/C18H20N4/c1-21(14-6-13-19)17-11-9-16(10-12-17)15-20-22(2)18-7-4-3-5-8-18/h3-5,7-12,15H,6,14H2,1-2H3/b20-15-. The fourth-order valence-electron chi connectivity index (χ4n) is 2.03. The van der Waals surface area contributed by atoms with E-state index in [-0.39, 0.29) is 0 Å². The molecule has 0 spiro atoms. The number of hydrazone groups is 1. The Balaban J connectivity index is 1.99. The molecule has 0 bridgehead atoms. The Morgan fingerprint density at radius 1 is 1.00 bits per heavy atom. The van der Waals surface area contributed by atoms with E-state index in [1.165, 1.54) is 0 Å². The monoisotopic (exact) mass is 292 g/mol. The highest BCUT2D eigenvalue weighted by atomic mass is 15.4. The third-order valence-corrected chi connectivity index (χ3v) is 3.40. The molecule has 4 heteroatoms. The SMILES string of the molecule is CN(CCC#N)c1ccc(/C=N\N(C)c2ccccc2)cc1. The summed E-state index contributed by atoms with van der Waals surface area (Å²) in [5.41, 5.74) is 3.19. The molecule has 0 aromatic heterocycles. The Labute approximate surface area is 131 Å². The molecule has 0 saturated carbocycles. The second kappa shape index (κ2) is 7.84. The van der Waals surface area contributed by atoms with Crippen molar-refractivity contribution in [1.29, 1.82) is 5.26 Å². The number of benzene rings is 2. The second-order valence-electron chi connectivity index (χ2n) is 5.02. The third kappa shape index (κ3) is 4.35. The Kier molecular flexibility index (Phi) is 5.56. The molecule has 0 fully saturated rings. The Morgan fingerprint density at radius 3 is 2.32 bits per heavy atom. The van der Waals surface area contributed by atoms with Gasteiger partial charge in [-0.3, -0.25) is 5.01 Å². The van der Waals surface area contributed by atoms with Crippen molar-refractivity contribution < 1.29 is 0 Å². The molecule has 0 N–H and O–H groups in total. The highest BCUT2D eigenvalue weighted by Crippen LogP contribution is 2.14. The molecule has 0 radical (unpaired) electrons. The number of rotatable bonds is 6. The quantitative estimate of drug-likeness (QED) is 0.604. The molecule has 0 amide bonds. The molecular weight excluding hydrogens is 272 g/mol. The molecule has 0 unspecified atom stereocenters. The fraction of sp³-hybridized carbons (Fsp3) is 0.222. The van der Waals surface area contributed by atoms with Crippen LogP contribution in [0.5, 0.6) is 0 Å². The van der Waals surface area contributed by atoms with Crippen LogP contribution in [0.3, 0.4) is 0 Å². The number of hydrogen-bond acceptors (Lipinski definition) is 4. The first kappa shape index (κ1) is 15.6. The summed E-state index contributed by atoms with van der Waals surface area (Å²) in [6.45, 7) is 0.737. The predicted octanol–water partition coefficient (Wildman–Crippen LogP) is 3.51.